The van der Waals surface area contributed by atoms with Gasteiger partial charge in [0.2, 0.25) is 0 Å². The van der Waals surface area contributed by atoms with Gasteiger partial charge in [-0.1, -0.05) is 23.8 Å². The van der Waals surface area contributed by atoms with E-state index in [1.54, 1.807) is 20.8 Å². The topological polar surface area (TPSA) is 38.3 Å². The number of carbonyl (C=O) groups is 1. The summed E-state index contributed by atoms with van der Waals surface area (Å²) in [7, 11) is 0. The second kappa shape index (κ2) is 4.76. The standard InChI is InChI=1S/C16H22FNO2/c1-10-6-7-11(2)12(8-10)16(17)9-13(16)18-14(19)20-15(3,4)5/h6-8,13H,9H2,1-5H3,(H,18,19)/t13-,16-/m0/s1. The van der Waals surface area contributed by atoms with Crippen LogP contribution in [0.4, 0.5) is 9.18 Å². The molecule has 0 aliphatic heterocycles. The summed E-state index contributed by atoms with van der Waals surface area (Å²) in [5.41, 5.74) is 0.556. The molecule has 0 unspecified atom stereocenters. The summed E-state index contributed by atoms with van der Waals surface area (Å²) in [6.45, 7) is 9.18. The highest BCUT2D eigenvalue weighted by Crippen LogP contribution is 2.51. The van der Waals surface area contributed by atoms with Crippen LogP contribution in [0.25, 0.3) is 0 Å². The lowest BCUT2D eigenvalue weighted by atomic mass is 10.00. The predicted octanol–water partition coefficient (Wildman–Crippen LogP) is 3.77. The maximum absolute atomic E-state index is 14.9. The first-order valence-corrected chi connectivity index (χ1v) is 6.88. The van der Waals surface area contributed by atoms with Gasteiger partial charge >= 0.3 is 6.09 Å². The zero-order chi connectivity index (χ0) is 15.1. The monoisotopic (exact) mass is 279 g/mol. The Morgan fingerprint density at radius 3 is 2.65 bits per heavy atom. The molecule has 20 heavy (non-hydrogen) atoms. The van der Waals surface area contributed by atoms with Gasteiger partial charge in [-0.2, -0.15) is 0 Å². The van der Waals surface area contributed by atoms with Gasteiger partial charge in [0.05, 0.1) is 6.04 Å². The van der Waals surface area contributed by atoms with E-state index in [2.05, 4.69) is 5.32 Å². The molecule has 1 aliphatic carbocycles. The number of halogens is 1. The van der Waals surface area contributed by atoms with Crippen LogP contribution in [0.2, 0.25) is 0 Å². The second-order valence-corrected chi connectivity index (χ2v) is 6.58. The van der Waals surface area contributed by atoms with Crippen molar-refractivity contribution >= 4 is 6.09 Å². The molecule has 1 saturated carbocycles. The zero-order valence-electron chi connectivity index (χ0n) is 12.7. The Bertz CT molecular complexity index is 536. The molecular weight excluding hydrogens is 257 g/mol. The van der Waals surface area contributed by atoms with Crippen molar-refractivity contribution in [1.82, 2.24) is 5.32 Å². The van der Waals surface area contributed by atoms with E-state index in [1.807, 2.05) is 32.0 Å². The van der Waals surface area contributed by atoms with Crippen molar-refractivity contribution in [3.63, 3.8) is 0 Å². The lowest BCUT2D eigenvalue weighted by Gasteiger charge is -2.20. The summed E-state index contributed by atoms with van der Waals surface area (Å²) in [4.78, 5) is 11.7. The Hall–Kier alpha value is -1.58. The minimum absolute atomic E-state index is 0.302. The second-order valence-electron chi connectivity index (χ2n) is 6.58. The predicted molar refractivity (Wildman–Crippen MR) is 76.5 cm³/mol. The first kappa shape index (κ1) is 14.8. The molecule has 0 aromatic heterocycles. The number of rotatable bonds is 2. The first-order valence-electron chi connectivity index (χ1n) is 6.88. The van der Waals surface area contributed by atoms with Gasteiger partial charge in [-0.05, 0) is 45.7 Å². The molecule has 1 N–H and O–H groups in total. The SMILES string of the molecule is Cc1ccc(C)c([C@@]2(F)C[C@@H]2NC(=O)OC(C)(C)C)c1. The van der Waals surface area contributed by atoms with Gasteiger partial charge in [0.25, 0.3) is 0 Å². The molecule has 0 radical (unpaired) electrons. The Kier molecular flexibility index (Phi) is 3.53. The number of ether oxygens (including phenoxy) is 1. The molecule has 4 heteroatoms. The third-order valence-electron chi connectivity index (χ3n) is 3.43. The minimum Gasteiger partial charge on any atom is -0.444 e. The molecule has 0 bridgehead atoms. The molecule has 0 spiro atoms. The summed E-state index contributed by atoms with van der Waals surface area (Å²) in [5, 5.41) is 2.61. The number of aryl methyl sites for hydroxylation is 2. The largest absolute Gasteiger partial charge is 0.444 e. The van der Waals surface area contributed by atoms with E-state index in [-0.39, 0.29) is 0 Å². The van der Waals surface area contributed by atoms with Crippen molar-refractivity contribution in [3.8, 4) is 0 Å². The summed E-state index contributed by atoms with van der Waals surface area (Å²) in [5.74, 6) is 0. The van der Waals surface area contributed by atoms with Gasteiger partial charge in [-0.15, -0.1) is 0 Å². The Labute approximate surface area is 119 Å². The maximum atomic E-state index is 14.9. The molecule has 1 aromatic carbocycles. The van der Waals surface area contributed by atoms with Crippen LogP contribution < -0.4 is 5.32 Å². The normalized spacial score (nSPS) is 25.2. The van der Waals surface area contributed by atoms with E-state index in [0.717, 1.165) is 11.1 Å². The maximum Gasteiger partial charge on any atom is 0.407 e. The van der Waals surface area contributed by atoms with Crippen LogP contribution in [0.15, 0.2) is 18.2 Å². The van der Waals surface area contributed by atoms with Gasteiger partial charge in [-0.25, -0.2) is 9.18 Å². The van der Waals surface area contributed by atoms with Gasteiger partial charge < -0.3 is 10.1 Å². The molecular formula is C16H22FNO2. The van der Waals surface area contributed by atoms with Gasteiger partial charge in [-0.3, -0.25) is 0 Å². The molecule has 2 rings (SSSR count). The molecule has 1 amide bonds. The number of benzene rings is 1. The van der Waals surface area contributed by atoms with Crippen LogP contribution in [0.5, 0.6) is 0 Å². The smallest absolute Gasteiger partial charge is 0.407 e. The number of amides is 1. The highest BCUT2D eigenvalue weighted by Gasteiger charge is 2.58. The van der Waals surface area contributed by atoms with E-state index in [4.69, 9.17) is 4.74 Å². The number of nitrogens with one attached hydrogen (secondary N) is 1. The molecule has 0 heterocycles. The van der Waals surface area contributed by atoms with Crippen LogP contribution in [-0.2, 0) is 10.4 Å². The van der Waals surface area contributed by atoms with Crippen molar-refractivity contribution in [2.24, 2.45) is 0 Å². The Morgan fingerprint density at radius 1 is 1.40 bits per heavy atom. The van der Waals surface area contributed by atoms with E-state index < -0.39 is 23.4 Å². The summed E-state index contributed by atoms with van der Waals surface area (Å²) < 4.78 is 20.0. The summed E-state index contributed by atoms with van der Waals surface area (Å²) in [6.07, 6.45) is -0.261. The lowest BCUT2D eigenvalue weighted by molar-refractivity contribution is 0.0510. The van der Waals surface area contributed by atoms with Crippen LogP contribution in [0.3, 0.4) is 0 Å². The molecule has 3 nitrogen and oxygen atoms in total. The number of alkyl halides is 1. The minimum atomic E-state index is -1.47. The zero-order valence-corrected chi connectivity index (χ0v) is 12.7. The Balaban J connectivity index is 2.06. The molecule has 1 aromatic rings. The molecule has 1 fully saturated rings. The van der Waals surface area contributed by atoms with Gasteiger partial charge in [0.15, 0.2) is 5.67 Å². The first-order chi connectivity index (χ1) is 9.12. The number of carbonyl (C=O) groups excluding carboxylic acids is 1. The third kappa shape index (κ3) is 3.11. The number of hydrogen-bond acceptors (Lipinski definition) is 2. The summed E-state index contributed by atoms with van der Waals surface area (Å²) in [6, 6.07) is 5.22. The summed E-state index contributed by atoms with van der Waals surface area (Å²) >= 11 is 0. The number of hydrogen-bond donors (Lipinski definition) is 1. The van der Waals surface area contributed by atoms with E-state index >= 15 is 0 Å². The fourth-order valence-electron chi connectivity index (χ4n) is 2.33. The molecule has 110 valence electrons. The fraction of sp³-hybridized carbons (Fsp3) is 0.562. The average molecular weight is 279 g/mol. The van der Waals surface area contributed by atoms with E-state index in [9.17, 15) is 9.18 Å². The molecule has 2 atom stereocenters. The van der Waals surface area contributed by atoms with E-state index in [0.29, 0.717) is 12.0 Å². The number of alkyl carbamates (subject to hydrolysis) is 1. The van der Waals surface area contributed by atoms with Crippen molar-refractivity contribution in [2.75, 3.05) is 0 Å². The van der Waals surface area contributed by atoms with Gasteiger partial charge in [0.1, 0.15) is 5.60 Å². The van der Waals surface area contributed by atoms with Crippen molar-refractivity contribution < 1.29 is 13.9 Å². The molecule has 1 aliphatic rings. The van der Waals surface area contributed by atoms with Crippen LogP contribution >= 0.6 is 0 Å². The van der Waals surface area contributed by atoms with Gasteiger partial charge in [0, 0.05) is 6.42 Å². The van der Waals surface area contributed by atoms with Crippen LogP contribution in [0.1, 0.15) is 43.9 Å². The van der Waals surface area contributed by atoms with Crippen molar-refractivity contribution in [1.29, 1.82) is 0 Å². The highest BCUT2D eigenvalue weighted by molar-refractivity contribution is 5.69. The molecule has 0 saturated heterocycles. The lowest BCUT2D eigenvalue weighted by Crippen LogP contribution is -2.35. The highest BCUT2D eigenvalue weighted by atomic mass is 19.1. The fourth-order valence-corrected chi connectivity index (χ4v) is 2.33. The van der Waals surface area contributed by atoms with Crippen LogP contribution in [0, 0.1) is 13.8 Å². The van der Waals surface area contributed by atoms with Crippen LogP contribution in [-0.4, -0.2) is 17.7 Å². The van der Waals surface area contributed by atoms with Crippen molar-refractivity contribution in [2.45, 2.75) is 58.4 Å². The van der Waals surface area contributed by atoms with E-state index in [1.165, 1.54) is 0 Å². The average Bonchev–Trinajstić information content (AvgIpc) is 2.91. The van der Waals surface area contributed by atoms with Crippen molar-refractivity contribution in [3.05, 3.63) is 34.9 Å². The Morgan fingerprint density at radius 2 is 2.05 bits per heavy atom. The third-order valence-corrected chi connectivity index (χ3v) is 3.43. The quantitative estimate of drug-likeness (QED) is 0.895.